The molecule has 3 rings (SSSR count). The van der Waals surface area contributed by atoms with Gasteiger partial charge in [-0.25, -0.2) is 4.39 Å². The summed E-state index contributed by atoms with van der Waals surface area (Å²) >= 11 is 0. The number of halogens is 1. The zero-order valence-electron chi connectivity index (χ0n) is 17.0. The van der Waals surface area contributed by atoms with E-state index < -0.39 is 11.6 Å². The van der Waals surface area contributed by atoms with Gasteiger partial charge in [0.1, 0.15) is 0 Å². The zero-order valence-corrected chi connectivity index (χ0v) is 17.0. The normalized spacial score (nSPS) is 24.3. The second-order valence-corrected chi connectivity index (χ2v) is 8.23. The Morgan fingerprint density at radius 1 is 1.24 bits per heavy atom. The fourth-order valence-corrected chi connectivity index (χ4v) is 4.25. The predicted molar refractivity (Wildman–Crippen MR) is 107 cm³/mol. The van der Waals surface area contributed by atoms with Crippen LogP contribution in [-0.2, 0) is 9.53 Å². The molecule has 1 saturated heterocycles. The van der Waals surface area contributed by atoms with Crippen molar-refractivity contribution in [3.8, 4) is 5.75 Å². The number of phenolic OH excluding ortho intramolecular Hbond substituents is 1. The van der Waals surface area contributed by atoms with Crippen molar-refractivity contribution in [1.29, 1.82) is 0 Å². The van der Waals surface area contributed by atoms with Gasteiger partial charge in [0.05, 0.1) is 6.10 Å². The highest BCUT2D eigenvalue weighted by Crippen LogP contribution is 2.27. The quantitative estimate of drug-likeness (QED) is 0.729. The molecule has 1 aliphatic heterocycles. The van der Waals surface area contributed by atoms with Crippen LogP contribution >= 0.6 is 0 Å². The van der Waals surface area contributed by atoms with Crippen molar-refractivity contribution in [2.45, 2.75) is 63.5 Å². The molecular formula is C22H31FN2O4. The lowest BCUT2D eigenvalue weighted by molar-refractivity contribution is -0.135. The second-order valence-electron chi connectivity index (χ2n) is 8.23. The highest BCUT2D eigenvalue weighted by Gasteiger charge is 2.29. The molecule has 1 saturated carbocycles. The summed E-state index contributed by atoms with van der Waals surface area (Å²) in [6, 6.07) is 3.59. The lowest BCUT2D eigenvalue weighted by Crippen LogP contribution is -2.41. The summed E-state index contributed by atoms with van der Waals surface area (Å²) in [6.07, 6.45) is 7.53. The van der Waals surface area contributed by atoms with Crippen molar-refractivity contribution in [3.63, 3.8) is 0 Å². The lowest BCUT2D eigenvalue weighted by atomic mass is 9.85. The minimum atomic E-state index is -0.811. The topological polar surface area (TPSA) is 78.9 Å². The third-order valence-corrected chi connectivity index (χ3v) is 6.04. The summed E-state index contributed by atoms with van der Waals surface area (Å²) in [5.74, 6) is -1.45. The van der Waals surface area contributed by atoms with Gasteiger partial charge in [0.15, 0.2) is 11.6 Å². The Morgan fingerprint density at radius 2 is 2.00 bits per heavy atom. The molecule has 1 unspecified atom stereocenters. The van der Waals surface area contributed by atoms with Crippen molar-refractivity contribution in [2.24, 2.45) is 5.92 Å². The minimum absolute atomic E-state index is 0.00185. The Balaban J connectivity index is 1.39. The molecule has 7 heteroatoms. The van der Waals surface area contributed by atoms with Gasteiger partial charge in [0.25, 0.3) is 5.91 Å². The first kappa shape index (κ1) is 21.6. The molecule has 1 aromatic carbocycles. The maximum absolute atomic E-state index is 13.4. The first-order valence-corrected chi connectivity index (χ1v) is 10.6. The Bertz CT molecular complexity index is 713. The Kier molecular flexibility index (Phi) is 7.47. The van der Waals surface area contributed by atoms with E-state index >= 15 is 0 Å². The molecule has 2 aliphatic rings. The van der Waals surface area contributed by atoms with Crippen LogP contribution in [0.1, 0.15) is 61.7 Å². The van der Waals surface area contributed by atoms with Crippen LogP contribution in [0.4, 0.5) is 4.39 Å². The van der Waals surface area contributed by atoms with Gasteiger partial charge in [0, 0.05) is 37.7 Å². The summed E-state index contributed by atoms with van der Waals surface area (Å²) in [5.41, 5.74) is 0.185. The van der Waals surface area contributed by atoms with E-state index in [-0.39, 0.29) is 29.3 Å². The Labute approximate surface area is 171 Å². The number of nitrogens with zero attached hydrogens (tertiary/aromatic N) is 1. The van der Waals surface area contributed by atoms with Crippen molar-refractivity contribution in [3.05, 3.63) is 29.6 Å². The number of ether oxygens (including phenoxy) is 1. The molecule has 2 amide bonds. The molecular weight excluding hydrogens is 375 g/mol. The van der Waals surface area contributed by atoms with Gasteiger partial charge in [-0.05, 0) is 69.6 Å². The van der Waals surface area contributed by atoms with E-state index in [0.717, 1.165) is 70.6 Å². The highest BCUT2D eigenvalue weighted by atomic mass is 19.1. The molecule has 1 aromatic rings. The maximum Gasteiger partial charge on any atom is 0.251 e. The highest BCUT2D eigenvalue weighted by molar-refractivity contribution is 5.94. The third-order valence-electron chi connectivity index (χ3n) is 6.04. The number of carbonyl (C=O) groups excluding carboxylic acids is 2. The fourth-order valence-electron chi connectivity index (χ4n) is 4.25. The largest absolute Gasteiger partial charge is 0.505 e. The van der Waals surface area contributed by atoms with E-state index in [0.29, 0.717) is 6.10 Å². The van der Waals surface area contributed by atoms with Crippen molar-refractivity contribution >= 4 is 11.8 Å². The van der Waals surface area contributed by atoms with Crippen molar-refractivity contribution in [2.75, 3.05) is 20.2 Å². The number of aromatic hydroxyl groups is 1. The van der Waals surface area contributed by atoms with Gasteiger partial charge in [-0.1, -0.05) is 0 Å². The number of hydrogen-bond donors (Lipinski definition) is 2. The second kappa shape index (κ2) is 10.1. The Morgan fingerprint density at radius 3 is 2.66 bits per heavy atom. The molecule has 0 bridgehead atoms. The molecule has 1 atom stereocenters. The van der Waals surface area contributed by atoms with Gasteiger partial charge in [-0.15, -0.1) is 0 Å². The van der Waals surface area contributed by atoms with Crippen LogP contribution < -0.4 is 5.32 Å². The first-order chi connectivity index (χ1) is 13.9. The monoisotopic (exact) mass is 406 g/mol. The number of amides is 2. The number of rotatable bonds is 7. The average Bonchev–Trinajstić information content (AvgIpc) is 3.23. The van der Waals surface area contributed by atoms with Crippen LogP contribution in [0.25, 0.3) is 0 Å². The molecule has 1 aliphatic carbocycles. The lowest BCUT2D eigenvalue weighted by Gasteiger charge is -2.31. The van der Waals surface area contributed by atoms with E-state index in [4.69, 9.17) is 4.74 Å². The number of nitrogens with one attached hydrogen (secondary N) is 1. The zero-order chi connectivity index (χ0) is 20.8. The van der Waals surface area contributed by atoms with E-state index in [1.165, 1.54) is 12.1 Å². The number of benzene rings is 1. The summed E-state index contributed by atoms with van der Waals surface area (Å²) < 4.78 is 19.1. The molecule has 0 aromatic heterocycles. The molecule has 0 radical (unpaired) electrons. The van der Waals surface area contributed by atoms with Crippen LogP contribution in [0.3, 0.4) is 0 Å². The standard InChI is InChI=1S/C22H31FN2O4/c1-25(12-2-4-18-5-3-13-29-18)22(28)15-6-9-17(10-7-15)24-21(27)16-8-11-20(26)19(23)14-16/h8,11,14-15,17-18,26H,2-7,9-10,12-13H2,1H3,(H,24,27). The van der Waals surface area contributed by atoms with Gasteiger partial charge < -0.3 is 20.1 Å². The average molecular weight is 406 g/mol. The number of carbonyl (C=O) groups is 2. The van der Waals surface area contributed by atoms with Crippen LogP contribution in [-0.4, -0.2) is 54.2 Å². The van der Waals surface area contributed by atoms with Gasteiger partial charge >= 0.3 is 0 Å². The molecule has 6 nitrogen and oxygen atoms in total. The number of phenols is 1. The van der Waals surface area contributed by atoms with Crippen molar-refractivity contribution < 1.29 is 23.8 Å². The van der Waals surface area contributed by atoms with Crippen molar-refractivity contribution in [1.82, 2.24) is 10.2 Å². The Hall–Kier alpha value is -2.15. The molecule has 2 N–H and O–H groups in total. The maximum atomic E-state index is 13.4. The van der Waals surface area contributed by atoms with Crippen LogP contribution in [0.15, 0.2) is 18.2 Å². The minimum Gasteiger partial charge on any atom is -0.505 e. The SMILES string of the molecule is CN(CCCC1CCCO1)C(=O)C1CCC(NC(=O)c2ccc(O)c(F)c2)CC1. The molecule has 1 heterocycles. The predicted octanol–water partition coefficient (Wildman–Crippen LogP) is 3.24. The van der Waals surface area contributed by atoms with E-state index in [9.17, 15) is 19.1 Å². The van der Waals surface area contributed by atoms with E-state index in [1.54, 1.807) is 0 Å². The summed E-state index contributed by atoms with van der Waals surface area (Å²) in [7, 11) is 1.87. The van der Waals surface area contributed by atoms with Gasteiger partial charge in [0.2, 0.25) is 5.91 Å². The molecule has 2 fully saturated rings. The fraction of sp³-hybridized carbons (Fsp3) is 0.636. The molecule has 0 spiro atoms. The molecule has 29 heavy (non-hydrogen) atoms. The van der Waals surface area contributed by atoms with E-state index in [1.807, 2.05) is 11.9 Å². The smallest absolute Gasteiger partial charge is 0.251 e. The van der Waals surface area contributed by atoms with Crippen LogP contribution in [0.2, 0.25) is 0 Å². The number of hydrogen-bond acceptors (Lipinski definition) is 4. The van der Waals surface area contributed by atoms with Crippen LogP contribution in [0, 0.1) is 11.7 Å². The summed E-state index contributed by atoms with van der Waals surface area (Å²) in [6.45, 7) is 1.61. The third kappa shape index (κ3) is 5.92. The van der Waals surface area contributed by atoms with E-state index in [2.05, 4.69) is 5.32 Å². The van der Waals surface area contributed by atoms with Gasteiger partial charge in [-0.2, -0.15) is 0 Å². The molecule has 160 valence electrons. The summed E-state index contributed by atoms with van der Waals surface area (Å²) in [5, 5.41) is 12.1. The van der Waals surface area contributed by atoms with Gasteiger partial charge in [-0.3, -0.25) is 9.59 Å². The first-order valence-electron chi connectivity index (χ1n) is 10.6. The summed E-state index contributed by atoms with van der Waals surface area (Å²) in [4.78, 5) is 26.8. The van der Waals surface area contributed by atoms with Crippen LogP contribution in [0.5, 0.6) is 5.75 Å².